The van der Waals surface area contributed by atoms with Gasteiger partial charge in [0.1, 0.15) is 5.69 Å². The lowest BCUT2D eigenvalue weighted by atomic mass is 10.2. The summed E-state index contributed by atoms with van der Waals surface area (Å²) in [6.45, 7) is 1.67. The molecule has 0 aliphatic rings. The van der Waals surface area contributed by atoms with E-state index in [9.17, 15) is 4.79 Å². The molecule has 2 aromatic heterocycles. The molecule has 2 rings (SSSR count). The molecule has 0 spiro atoms. The first-order valence-electron chi connectivity index (χ1n) is 6.51. The molecule has 0 saturated heterocycles. The van der Waals surface area contributed by atoms with Crippen molar-refractivity contribution in [2.24, 2.45) is 0 Å². The Kier molecular flexibility index (Phi) is 5.10. The summed E-state index contributed by atoms with van der Waals surface area (Å²) in [6, 6.07) is 5.33. The average Bonchev–Trinajstić information content (AvgIpc) is 2.96. The van der Waals surface area contributed by atoms with Gasteiger partial charge in [0.15, 0.2) is 0 Å². The van der Waals surface area contributed by atoms with Crippen LogP contribution in [-0.4, -0.2) is 27.0 Å². The normalized spacial score (nSPS) is 10.3. The smallest absolute Gasteiger partial charge is 0.269 e. The van der Waals surface area contributed by atoms with Gasteiger partial charge in [0.2, 0.25) is 0 Å². The first kappa shape index (κ1) is 13.3. The third-order valence-corrected chi connectivity index (χ3v) is 2.84. The van der Waals surface area contributed by atoms with Crippen molar-refractivity contribution in [2.45, 2.75) is 25.8 Å². The number of aryl methyl sites for hydroxylation is 1. The molecule has 0 saturated carbocycles. The van der Waals surface area contributed by atoms with Crippen LogP contribution in [-0.2, 0) is 6.54 Å². The van der Waals surface area contributed by atoms with Gasteiger partial charge in [-0.3, -0.25) is 9.78 Å². The summed E-state index contributed by atoms with van der Waals surface area (Å²) in [5.74, 6) is -0.102. The minimum atomic E-state index is -0.102. The van der Waals surface area contributed by atoms with Crippen LogP contribution in [0.2, 0.25) is 0 Å². The van der Waals surface area contributed by atoms with Crippen LogP contribution in [0.5, 0.6) is 0 Å². The Morgan fingerprint density at radius 3 is 2.89 bits per heavy atom. The molecule has 5 heteroatoms. The number of hydrogen-bond donors (Lipinski definition) is 1. The molecule has 2 heterocycles. The number of imidazole rings is 1. The van der Waals surface area contributed by atoms with Crippen LogP contribution in [0.1, 0.15) is 29.8 Å². The lowest BCUT2D eigenvalue weighted by Gasteiger charge is -2.05. The first-order valence-corrected chi connectivity index (χ1v) is 6.51. The van der Waals surface area contributed by atoms with Crippen LogP contribution >= 0.6 is 0 Å². The lowest BCUT2D eigenvalue weighted by molar-refractivity contribution is 0.0948. The number of aromatic nitrogens is 3. The number of carbonyl (C=O) groups excluding carboxylic acids is 1. The molecule has 2 aromatic rings. The maximum absolute atomic E-state index is 11.7. The Morgan fingerprint density at radius 1 is 1.21 bits per heavy atom. The number of nitrogens with one attached hydrogen (secondary N) is 1. The number of pyridine rings is 1. The topological polar surface area (TPSA) is 59.8 Å². The van der Waals surface area contributed by atoms with Crippen LogP contribution in [0.3, 0.4) is 0 Å². The number of nitrogens with zero attached hydrogens (tertiary/aromatic N) is 3. The number of hydrogen-bond acceptors (Lipinski definition) is 3. The van der Waals surface area contributed by atoms with Crippen LogP contribution < -0.4 is 5.32 Å². The Balaban J connectivity index is 1.56. The zero-order valence-corrected chi connectivity index (χ0v) is 10.8. The summed E-state index contributed by atoms with van der Waals surface area (Å²) in [5, 5.41) is 2.87. The number of unbranched alkanes of at least 4 members (excludes halogenated alkanes) is 2. The SMILES string of the molecule is O=C(NCCCCCn1ccnc1)c1ccccn1. The summed E-state index contributed by atoms with van der Waals surface area (Å²) in [5.41, 5.74) is 0.473. The molecule has 0 bridgehead atoms. The van der Waals surface area contributed by atoms with Gasteiger partial charge in [-0.15, -0.1) is 0 Å². The van der Waals surface area contributed by atoms with Crippen LogP contribution in [0.15, 0.2) is 43.1 Å². The van der Waals surface area contributed by atoms with Gasteiger partial charge in [-0.05, 0) is 31.4 Å². The van der Waals surface area contributed by atoms with Crippen molar-refractivity contribution in [3.05, 3.63) is 48.8 Å². The Hall–Kier alpha value is -2.17. The minimum Gasteiger partial charge on any atom is -0.351 e. The molecule has 5 nitrogen and oxygen atoms in total. The second-order valence-corrected chi connectivity index (χ2v) is 4.33. The van der Waals surface area contributed by atoms with Gasteiger partial charge in [0.25, 0.3) is 5.91 Å². The number of rotatable bonds is 7. The zero-order valence-electron chi connectivity index (χ0n) is 10.8. The minimum absolute atomic E-state index is 0.102. The molecular weight excluding hydrogens is 240 g/mol. The third kappa shape index (κ3) is 4.54. The van der Waals surface area contributed by atoms with Crippen molar-refractivity contribution in [2.75, 3.05) is 6.54 Å². The van der Waals surface area contributed by atoms with Crippen molar-refractivity contribution in [3.63, 3.8) is 0 Å². The molecule has 100 valence electrons. The molecule has 0 aromatic carbocycles. The van der Waals surface area contributed by atoms with Gasteiger partial charge in [-0.1, -0.05) is 6.07 Å². The fraction of sp³-hybridized carbons (Fsp3) is 0.357. The van der Waals surface area contributed by atoms with E-state index in [2.05, 4.69) is 19.9 Å². The highest BCUT2D eigenvalue weighted by Gasteiger charge is 2.04. The molecule has 1 amide bonds. The van der Waals surface area contributed by atoms with Gasteiger partial charge < -0.3 is 9.88 Å². The fourth-order valence-corrected chi connectivity index (χ4v) is 1.80. The Labute approximate surface area is 112 Å². The van der Waals surface area contributed by atoms with E-state index in [4.69, 9.17) is 0 Å². The van der Waals surface area contributed by atoms with Crippen molar-refractivity contribution in [1.29, 1.82) is 0 Å². The van der Waals surface area contributed by atoms with E-state index in [1.807, 2.05) is 18.6 Å². The molecule has 0 atom stereocenters. The monoisotopic (exact) mass is 258 g/mol. The predicted octanol–water partition coefficient (Wildman–Crippen LogP) is 1.88. The van der Waals surface area contributed by atoms with Gasteiger partial charge in [0, 0.05) is 31.7 Å². The summed E-state index contributed by atoms with van der Waals surface area (Å²) in [4.78, 5) is 19.7. The number of carbonyl (C=O) groups is 1. The second-order valence-electron chi connectivity index (χ2n) is 4.33. The zero-order chi connectivity index (χ0) is 13.3. The fourth-order valence-electron chi connectivity index (χ4n) is 1.80. The van der Waals surface area contributed by atoms with E-state index < -0.39 is 0 Å². The largest absolute Gasteiger partial charge is 0.351 e. The third-order valence-electron chi connectivity index (χ3n) is 2.84. The van der Waals surface area contributed by atoms with E-state index in [0.717, 1.165) is 25.8 Å². The van der Waals surface area contributed by atoms with Crippen LogP contribution in [0, 0.1) is 0 Å². The maximum Gasteiger partial charge on any atom is 0.269 e. The molecule has 1 N–H and O–H groups in total. The lowest BCUT2D eigenvalue weighted by Crippen LogP contribution is -2.25. The van der Waals surface area contributed by atoms with Crippen molar-refractivity contribution < 1.29 is 4.79 Å². The summed E-state index contributed by atoms with van der Waals surface area (Å²) >= 11 is 0. The summed E-state index contributed by atoms with van der Waals surface area (Å²) in [6.07, 6.45) is 10.3. The van der Waals surface area contributed by atoms with E-state index in [0.29, 0.717) is 12.2 Å². The molecule has 0 fully saturated rings. The van der Waals surface area contributed by atoms with Crippen LogP contribution in [0.25, 0.3) is 0 Å². The predicted molar refractivity (Wildman–Crippen MR) is 72.6 cm³/mol. The van der Waals surface area contributed by atoms with Crippen LogP contribution in [0.4, 0.5) is 0 Å². The molecule has 0 radical (unpaired) electrons. The molecule has 19 heavy (non-hydrogen) atoms. The van der Waals surface area contributed by atoms with Crippen molar-refractivity contribution in [3.8, 4) is 0 Å². The van der Waals surface area contributed by atoms with Gasteiger partial charge in [-0.25, -0.2) is 4.98 Å². The maximum atomic E-state index is 11.7. The van der Waals surface area contributed by atoms with Crippen molar-refractivity contribution >= 4 is 5.91 Å². The second kappa shape index (κ2) is 7.31. The highest BCUT2D eigenvalue weighted by molar-refractivity contribution is 5.92. The highest BCUT2D eigenvalue weighted by Crippen LogP contribution is 1.99. The Morgan fingerprint density at radius 2 is 2.16 bits per heavy atom. The average molecular weight is 258 g/mol. The van der Waals surface area contributed by atoms with Gasteiger partial charge >= 0.3 is 0 Å². The van der Waals surface area contributed by atoms with E-state index in [1.165, 1.54) is 0 Å². The van der Waals surface area contributed by atoms with E-state index in [-0.39, 0.29) is 5.91 Å². The van der Waals surface area contributed by atoms with E-state index in [1.54, 1.807) is 24.5 Å². The quantitative estimate of drug-likeness (QED) is 0.771. The molecular formula is C14H18N4O. The highest BCUT2D eigenvalue weighted by atomic mass is 16.1. The first-order chi connectivity index (χ1) is 9.36. The molecule has 0 unspecified atom stereocenters. The Bertz CT molecular complexity index is 481. The summed E-state index contributed by atoms with van der Waals surface area (Å²) < 4.78 is 2.06. The molecule has 0 aliphatic heterocycles. The summed E-state index contributed by atoms with van der Waals surface area (Å²) in [7, 11) is 0. The molecule has 0 aliphatic carbocycles. The van der Waals surface area contributed by atoms with Gasteiger partial charge in [0.05, 0.1) is 6.33 Å². The standard InChI is InChI=1S/C14H18N4O/c19-14(13-6-2-4-7-16-13)17-8-3-1-5-10-18-11-9-15-12-18/h2,4,6-7,9,11-12H,1,3,5,8,10H2,(H,17,19). The number of amides is 1. The van der Waals surface area contributed by atoms with Crippen molar-refractivity contribution in [1.82, 2.24) is 19.9 Å². The van der Waals surface area contributed by atoms with Gasteiger partial charge in [-0.2, -0.15) is 0 Å². The van der Waals surface area contributed by atoms with E-state index >= 15 is 0 Å².